The zero-order valence-corrected chi connectivity index (χ0v) is 35.3. The maximum atomic E-state index is 2.64. The van der Waals surface area contributed by atoms with Gasteiger partial charge < -0.3 is 4.90 Å². The molecule has 0 aromatic heterocycles. The normalized spacial score (nSPS) is 26.8. The van der Waals surface area contributed by atoms with Crippen LogP contribution < -0.4 is 4.90 Å². The Labute approximate surface area is 346 Å². The van der Waals surface area contributed by atoms with Gasteiger partial charge in [0.25, 0.3) is 0 Å². The molecule has 0 atom stereocenters. The molecule has 4 fully saturated rings. The highest BCUT2D eigenvalue weighted by molar-refractivity contribution is 5.90. The van der Waals surface area contributed by atoms with E-state index in [1.54, 1.807) is 11.1 Å². The maximum absolute atomic E-state index is 2.64. The van der Waals surface area contributed by atoms with Crippen LogP contribution in [-0.4, -0.2) is 0 Å². The molecule has 0 aliphatic heterocycles. The highest BCUT2D eigenvalue weighted by Gasteiger charge is 2.61. The monoisotopic (exact) mass is 755 g/mol. The molecule has 6 aromatic carbocycles. The fraction of sp³-hybridized carbons (Fsp3) is 0.368. The van der Waals surface area contributed by atoms with Gasteiger partial charge in [0.05, 0.1) is 0 Å². The summed E-state index contributed by atoms with van der Waals surface area (Å²) in [5.41, 5.74) is 21.6. The third kappa shape index (κ3) is 4.71. The van der Waals surface area contributed by atoms with E-state index in [0.717, 1.165) is 23.7 Å². The van der Waals surface area contributed by atoms with Crippen molar-refractivity contribution in [2.24, 2.45) is 23.7 Å². The van der Waals surface area contributed by atoms with Crippen LogP contribution in [0.3, 0.4) is 0 Å². The van der Waals surface area contributed by atoms with Crippen molar-refractivity contribution in [3.05, 3.63) is 161 Å². The van der Waals surface area contributed by atoms with Crippen LogP contribution in [-0.2, 0) is 21.7 Å². The number of benzene rings is 6. The van der Waals surface area contributed by atoms with Crippen molar-refractivity contribution >= 4 is 17.1 Å². The van der Waals surface area contributed by atoms with Crippen LogP contribution >= 0.6 is 0 Å². The summed E-state index contributed by atoms with van der Waals surface area (Å²) in [6.45, 7) is 14.6. The van der Waals surface area contributed by atoms with Crippen molar-refractivity contribution < 1.29 is 0 Å². The smallest absolute Gasteiger partial charge is 0.0468 e. The van der Waals surface area contributed by atoms with E-state index in [0.29, 0.717) is 0 Å². The highest BCUT2D eigenvalue weighted by Crippen LogP contribution is 2.70. The van der Waals surface area contributed by atoms with E-state index in [2.05, 4.69) is 174 Å². The van der Waals surface area contributed by atoms with Crippen LogP contribution in [0.15, 0.2) is 127 Å². The highest BCUT2D eigenvalue weighted by atomic mass is 15.1. The number of rotatable bonds is 4. The van der Waals surface area contributed by atoms with Gasteiger partial charge in [0.15, 0.2) is 0 Å². The fourth-order valence-electron chi connectivity index (χ4n) is 14.1. The fourth-order valence-corrected chi connectivity index (χ4v) is 14.1. The summed E-state index contributed by atoms with van der Waals surface area (Å²) >= 11 is 0. The van der Waals surface area contributed by atoms with Crippen molar-refractivity contribution in [3.63, 3.8) is 0 Å². The zero-order chi connectivity index (χ0) is 39.3. The molecule has 0 N–H and O–H groups in total. The van der Waals surface area contributed by atoms with Crippen LogP contribution in [0.2, 0.25) is 0 Å². The number of anilines is 3. The summed E-state index contributed by atoms with van der Waals surface area (Å²) in [4.78, 5) is 2.61. The molecule has 1 spiro atoms. The Morgan fingerprint density at radius 2 is 0.948 bits per heavy atom. The van der Waals surface area contributed by atoms with E-state index in [1.165, 1.54) is 118 Å². The standard InChI is InChI=1S/C57H57N/c1-54(2)24-25-55(3,4)53-34-43(19-23-50(53)54)58(42-17-21-45-44-14-10-11-15-48(44)56(5,6)51(45)33-42)41-18-22-49-47(32-41)46-20-16-38(37-12-8-7-9-13-37)31-52(46)57(49)39-27-35-26-36(29-39)30-40(57)28-35/h7-23,31-36,39-40H,24-30H2,1-6H3. The maximum Gasteiger partial charge on any atom is 0.0468 e. The van der Waals surface area contributed by atoms with Gasteiger partial charge in [-0.05, 0) is 189 Å². The number of fused-ring (bicyclic) bond motifs is 7. The molecular formula is C57H57N. The molecule has 0 amide bonds. The lowest BCUT2D eigenvalue weighted by Crippen LogP contribution is -2.55. The minimum atomic E-state index is -0.0747. The first kappa shape index (κ1) is 35.1. The third-order valence-electron chi connectivity index (χ3n) is 16.9. The molecule has 1 heteroatoms. The molecule has 7 aliphatic carbocycles. The SMILES string of the molecule is CC1(C)CCC(C)(C)c2cc(N(c3ccc4c(c3)-c3ccc(-c5ccccc5)cc3C43C4CC5CC(C4)CC3C5)c3ccc4c(c3)C(C)(C)c3ccccc3-4)ccc21. The Hall–Kier alpha value is -4.88. The molecule has 4 bridgehead atoms. The Bertz CT molecular complexity index is 2640. The molecule has 0 saturated heterocycles. The molecule has 0 heterocycles. The van der Waals surface area contributed by atoms with E-state index in [4.69, 9.17) is 0 Å². The summed E-state index contributed by atoms with van der Waals surface area (Å²) in [6.07, 6.45) is 9.46. The van der Waals surface area contributed by atoms with Gasteiger partial charge in [0.2, 0.25) is 0 Å². The molecule has 6 aromatic rings. The van der Waals surface area contributed by atoms with Crippen molar-refractivity contribution in [1.82, 2.24) is 0 Å². The number of hydrogen-bond acceptors (Lipinski definition) is 1. The quantitative estimate of drug-likeness (QED) is 0.173. The summed E-state index contributed by atoms with van der Waals surface area (Å²) in [6, 6.07) is 50.3. The lowest BCUT2D eigenvalue weighted by molar-refractivity contribution is -0.0399. The average Bonchev–Trinajstić information content (AvgIpc) is 3.63. The van der Waals surface area contributed by atoms with E-state index >= 15 is 0 Å². The minimum Gasteiger partial charge on any atom is -0.310 e. The summed E-state index contributed by atoms with van der Waals surface area (Å²) < 4.78 is 0. The Morgan fingerprint density at radius 3 is 1.67 bits per heavy atom. The van der Waals surface area contributed by atoms with E-state index in [-0.39, 0.29) is 21.7 Å². The first-order valence-corrected chi connectivity index (χ1v) is 22.5. The first-order valence-electron chi connectivity index (χ1n) is 22.5. The number of nitrogens with zero attached hydrogens (tertiary/aromatic N) is 1. The van der Waals surface area contributed by atoms with Crippen molar-refractivity contribution in [3.8, 4) is 33.4 Å². The van der Waals surface area contributed by atoms with Crippen LogP contribution in [0.4, 0.5) is 17.1 Å². The van der Waals surface area contributed by atoms with E-state index in [9.17, 15) is 0 Å². The van der Waals surface area contributed by atoms with Gasteiger partial charge >= 0.3 is 0 Å². The van der Waals surface area contributed by atoms with Gasteiger partial charge in [-0.3, -0.25) is 0 Å². The average molecular weight is 756 g/mol. The van der Waals surface area contributed by atoms with Crippen LogP contribution in [0, 0.1) is 23.7 Å². The zero-order valence-electron chi connectivity index (χ0n) is 35.3. The molecule has 0 unspecified atom stereocenters. The molecule has 58 heavy (non-hydrogen) atoms. The van der Waals surface area contributed by atoms with Crippen molar-refractivity contribution in [2.45, 2.75) is 108 Å². The summed E-state index contributed by atoms with van der Waals surface area (Å²) in [5, 5.41) is 0. The van der Waals surface area contributed by atoms with Crippen LogP contribution in [0.1, 0.15) is 120 Å². The second-order valence-electron chi connectivity index (χ2n) is 21.3. The Kier molecular flexibility index (Phi) is 7.18. The molecule has 290 valence electrons. The van der Waals surface area contributed by atoms with Gasteiger partial charge in [0, 0.05) is 27.9 Å². The first-order chi connectivity index (χ1) is 27.9. The molecular weight excluding hydrogens is 699 g/mol. The second kappa shape index (κ2) is 11.9. The topological polar surface area (TPSA) is 3.24 Å². The van der Waals surface area contributed by atoms with E-state index < -0.39 is 0 Å². The number of hydrogen-bond donors (Lipinski definition) is 0. The molecule has 0 radical (unpaired) electrons. The van der Waals surface area contributed by atoms with Crippen molar-refractivity contribution in [2.75, 3.05) is 4.90 Å². The lowest BCUT2D eigenvalue weighted by Gasteiger charge is -2.61. The third-order valence-corrected chi connectivity index (χ3v) is 16.9. The predicted molar refractivity (Wildman–Crippen MR) is 243 cm³/mol. The van der Waals surface area contributed by atoms with Gasteiger partial charge in [0.1, 0.15) is 0 Å². The van der Waals surface area contributed by atoms with Gasteiger partial charge in [-0.1, -0.05) is 126 Å². The molecule has 1 nitrogen and oxygen atoms in total. The van der Waals surface area contributed by atoms with E-state index in [1.807, 2.05) is 0 Å². The predicted octanol–water partition coefficient (Wildman–Crippen LogP) is 15.2. The van der Waals surface area contributed by atoms with Gasteiger partial charge in [-0.25, -0.2) is 0 Å². The largest absolute Gasteiger partial charge is 0.310 e. The van der Waals surface area contributed by atoms with Gasteiger partial charge in [-0.15, -0.1) is 0 Å². The second-order valence-corrected chi connectivity index (χ2v) is 21.3. The molecule has 4 saturated carbocycles. The Balaban J connectivity index is 1.07. The molecule has 7 aliphatic rings. The molecule has 13 rings (SSSR count). The minimum absolute atomic E-state index is 0.0747. The van der Waals surface area contributed by atoms with Gasteiger partial charge in [-0.2, -0.15) is 0 Å². The van der Waals surface area contributed by atoms with Crippen LogP contribution in [0.5, 0.6) is 0 Å². The van der Waals surface area contributed by atoms with Crippen LogP contribution in [0.25, 0.3) is 33.4 Å². The summed E-state index contributed by atoms with van der Waals surface area (Å²) in [7, 11) is 0. The van der Waals surface area contributed by atoms with Crippen molar-refractivity contribution in [1.29, 1.82) is 0 Å². The lowest BCUT2D eigenvalue weighted by atomic mass is 9.43. The Morgan fingerprint density at radius 1 is 0.397 bits per heavy atom. The summed E-state index contributed by atoms with van der Waals surface area (Å²) in [5.74, 6) is 3.29.